The molecule has 1 aromatic rings. The van der Waals surface area contributed by atoms with Crippen molar-refractivity contribution in [2.75, 3.05) is 42.6 Å². The smallest absolute Gasteiger partial charge is 0.414 e. The minimum Gasteiger partial charge on any atom is -0.444 e. The molecule has 1 heterocycles. The maximum Gasteiger partial charge on any atom is 0.414 e. The molecule has 0 saturated carbocycles. The molecule has 1 atom stereocenters. The SMILES string of the molecule is CCOCCN(CC)c1ccc(N2CC(CC)OC2=O)cc1F. The number of hydrogen-bond donors (Lipinski definition) is 0. The molecular weight excluding hydrogens is 299 g/mol. The largest absolute Gasteiger partial charge is 0.444 e. The molecule has 0 spiro atoms. The molecule has 0 aromatic heterocycles. The number of carbonyl (C=O) groups is 1. The van der Waals surface area contributed by atoms with Gasteiger partial charge in [0, 0.05) is 19.7 Å². The lowest BCUT2D eigenvalue weighted by Crippen LogP contribution is -2.28. The van der Waals surface area contributed by atoms with Gasteiger partial charge in [-0.2, -0.15) is 0 Å². The Kier molecular flexibility index (Phi) is 6.21. The van der Waals surface area contributed by atoms with Crippen molar-refractivity contribution >= 4 is 17.5 Å². The summed E-state index contributed by atoms with van der Waals surface area (Å²) in [6, 6.07) is 4.88. The van der Waals surface area contributed by atoms with Crippen LogP contribution in [-0.4, -0.2) is 45.0 Å². The van der Waals surface area contributed by atoms with Crippen molar-refractivity contribution in [3.8, 4) is 0 Å². The van der Waals surface area contributed by atoms with Crippen LogP contribution >= 0.6 is 0 Å². The fourth-order valence-electron chi connectivity index (χ4n) is 2.63. The van der Waals surface area contributed by atoms with E-state index in [0.717, 1.165) is 6.42 Å². The molecular formula is C17H25FN2O3. The third-order valence-electron chi connectivity index (χ3n) is 4.00. The zero-order chi connectivity index (χ0) is 16.8. The molecule has 1 aromatic carbocycles. The number of cyclic esters (lactones) is 1. The van der Waals surface area contributed by atoms with E-state index in [1.807, 2.05) is 25.7 Å². The Morgan fingerprint density at radius 1 is 1.39 bits per heavy atom. The van der Waals surface area contributed by atoms with E-state index < -0.39 is 6.09 Å². The summed E-state index contributed by atoms with van der Waals surface area (Å²) in [7, 11) is 0. The lowest BCUT2D eigenvalue weighted by molar-refractivity contribution is 0.139. The second kappa shape index (κ2) is 8.15. The Hall–Kier alpha value is -1.82. The molecule has 0 aliphatic carbocycles. The van der Waals surface area contributed by atoms with E-state index in [1.54, 1.807) is 12.1 Å². The van der Waals surface area contributed by atoms with Gasteiger partial charge in [-0.05, 0) is 38.5 Å². The topological polar surface area (TPSA) is 42.0 Å². The van der Waals surface area contributed by atoms with Gasteiger partial charge in [0.15, 0.2) is 0 Å². The Labute approximate surface area is 137 Å². The van der Waals surface area contributed by atoms with E-state index in [9.17, 15) is 9.18 Å². The standard InChI is InChI=1S/C17H25FN2O3/c1-4-14-12-20(17(21)23-14)13-7-8-16(15(18)11-13)19(5-2)9-10-22-6-3/h7-8,11,14H,4-6,9-10,12H2,1-3H3. The molecule has 1 fully saturated rings. The average Bonchev–Trinajstić information content (AvgIpc) is 2.93. The summed E-state index contributed by atoms with van der Waals surface area (Å²) in [5.41, 5.74) is 1.06. The fourth-order valence-corrected chi connectivity index (χ4v) is 2.63. The van der Waals surface area contributed by atoms with E-state index in [0.29, 0.717) is 44.2 Å². The third-order valence-corrected chi connectivity index (χ3v) is 4.00. The van der Waals surface area contributed by atoms with E-state index in [4.69, 9.17) is 9.47 Å². The number of amides is 1. The van der Waals surface area contributed by atoms with Gasteiger partial charge < -0.3 is 14.4 Å². The van der Waals surface area contributed by atoms with Gasteiger partial charge >= 0.3 is 6.09 Å². The van der Waals surface area contributed by atoms with Crippen molar-refractivity contribution in [3.05, 3.63) is 24.0 Å². The van der Waals surface area contributed by atoms with Crippen LogP contribution in [0.15, 0.2) is 18.2 Å². The predicted molar refractivity (Wildman–Crippen MR) is 88.7 cm³/mol. The minimum absolute atomic E-state index is 0.122. The number of nitrogens with zero attached hydrogens (tertiary/aromatic N) is 2. The Bertz CT molecular complexity index is 539. The molecule has 1 amide bonds. The van der Waals surface area contributed by atoms with Crippen molar-refractivity contribution in [2.24, 2.45) is 0 Å². The van der Waals surface area contributed by atoms with Crippen LogP contribution in [0.1, 0.15) is 27.2 Å². The van der Waals surface area contributed by atoms with E-state index in [1.165, 1.54) is 11.0 Å². The van der Waals surface area contributed by atoms with E-state index in [-0.39, 0.29) is 11.9 Å². The summed E-state index contributed by atoms with van der Waals surface area (Å²) in [4.78, 5) is 15.3. The van der Waals surface area contributed by atoms with E-state index in [2.05, 4.69) is 0 Å². The maximum atomic E-state index is 14.5. The van der Waals surface area contributed by atoms with Gasteiger partial charge in [-0.3, -0.25) is 4.90 Å². The molecule has 0 radical (unpaired) electrons. The van der Waals surface area contributed by atoms with Gasteiger partial charge in [-0.15, -0.1) is 0 Å². The fraction of sp³-hybridized carbons (Fsp3) is 0.588. The molecule has 128 valence electrons. The second-order valence-corrected chi connectivity index (χ2v) is 5.44. The monoisotopic (exact) mass is 324 g/mol. The number of carbonyl (C=O) groups excluding carboxylic acids is 1. The first-order valence-electron chi connectivity index (χ1n) is 8.21. The highest BCUT2D eigenvalue weighted by molar-refractivity contribution is 5.90. The Balaban J connectivity index is 2.12. The summed E-state index contributed by atoms with van der Waals surface area (Å²) in [6.07, 6.45) is 0.223. The molecule has 1 aliphatic rings. The van der Waals surface area contributed by atoms with Crippen LogP contribution in [0, 0.1) is 5.82 Å². The number of anilines is 2. The molecule has 2 rings (SSSR count). The van der Waals surface area contributed by atoms with E-state index >= 15 is 0 Å². The van der Waals surface area contributed by atoms with Gasteiger partial charge in [0.1, 0.15) is 11.9 Å². The van der Waals surface area contributed by atoms with Crippen LogP contribution in [0.3, 0.4) is 0 Å². The molecule has 0 N–H and O–H groups in total. The first-order chi connectivity index (χ1) is 11.1. The Morgan fingerprint density at radius 3 is 2.74 bits per heavy atom. The second-order valence-electron chi connectivity index (χ2n) is 5.44. The zero-order valence-corrected chi connectivity index (χ0v) is 14.0. The summed E-state index contributed by atoms with van der Waals surface area (Å²) in [5.74, 6) is -0.339. The maximum absolute atomic E-state index is 14.5. The molecule has 6 heteroatoms. The van der Waals surface area contributed by atoms with Crippen LogP contribution < -0.4 is 9.80 Å². The normalized spacial score (nSPS) is 17.5. The van der Waals surface area contributed by atoms with Crippen LogP contribution in [0.5, 0.6) is 0 Å². The third kappa shape index (κ3) is 4.13. The van der Waals surface area contributed by atoms with Crippen LogP contribution in [-0.2, 0) is 9.47 Å². The number of rotatable bonds is 8. The highest BCUT2D eigenvalue weighted by atomic mass is 19.1. The van der Waals surface area contributed by atoms with Crippen molar-refractivity contribution < 1.29 is 18.7 Å². The molecule has 0 bridgehead atoms. The molecule has 23 heavy (non-hydrogen) atoms. The lowest BCUT2D eigenvalue weighted by atomic mass is 10.2. The number of likely N-dealkylation sites (N-methyl/N-ethyl adjacent to an activating group) is 1. The van der Waals surface area contributed by atoms with Crippen LogP contribution in [0.25, 0.3) is 0 Å². The first kappa shape index (κ1) is 17.5. The lowest BCUT2D eigenvalue weighted by Gasteiger charge is -2.24. The van der Waals surface area contributed by atoms with Gasteiger partial charge in [-0.25, -0.2) is 9.18 Å². The van der Waals surface area contributed by atoms with Gasteiger partial charge in [0.25, 0.3) is 0 Å². The first-order valence-corrected chi connectivity index (χ1v) is 8.21. The van der Waals surface area contributed by atoms with Crippen molar-refractivity contribution in [1.82, 2.24) is 0 Å². The number of hydrogen-bond acceptors (Lipinski definition) is 4. The highest BCUT2D eigenvalue weighted by Crippen LogP contribution is 2.28. The van der Waals surface area contributed by atoms with Gasteiger partial charge in [0.2, 0.25) is 0 Å². The van der Waals surface area contributed by atoms with Crippen LogP contribution in [0.4, 0.5) is 20.6 Å². The zero-order valence-electron chi connectivity index (χ0n) is 14.0. The van der Waals surface area contributed by atoms with Crippen molar-refractivity contribution in [3.63, 3.8) is 0 Å². The van der Waals surface area contributed by atoms with Gasteiger partial charge in [-0.1, -0.05) is 6.92 Å². The predicted octanol–water partition coefficient (Wildman–Crippen LogP) is 3.42. The quantitative estimate of drug-likeness (QED) is 0.687. The number of ether oxygens (including phenoxy) is 2. The summed E-state index contributed by atoms with van der Waals surface area (Å²) >= 11 is 0. The number of benzene rings is 1. The van der Waals surface area contributed by atoms with Crippen molar-refractivity contribution in [2.45, 2.75) is 33.3 Å². The summed E-state index contributed by atoms with van der Waals surface area (Å²) < 4.78 is 25.1. The van der Waals surface area contributed by atoms with Gasteiger partial charge in [0.05, 0.1) is 24.5 Å². The molecule has 1 saturated heterocycles. The van der Waals surface area contributed by atoms with Crippen molar-refractivity contribution in [1.29, 1.82) is 0 Å². The minimum atomic E-state index is -0.410. The van der Waals surface area contributed by atoms with Crippen LogP contribution in [0.2, 0.25) is 0 Å². The number of halogens is 1. The highest BCUT2D eigenvalue weighted by Gasteiger charge is 2.31. The molecule has 1 unspecified atom stereocenters. The average molecular weight is 324 g/mol. The Morgan fingerprint density at radius 2 is 2.17 bits per heavy atom. The molecule has 1 aliphatic heterocycles. The summed E-state index contributed by atoms with van der Waals surface area (Å²) in [5, 5.41) is 0. The molecule has 5 nitrogen and oxygen atoms in total. The summed E-state index contributed by atoms with van der Waals surface area (Å²) in [6.45, 7) is 8.86.